The van der Waals surface area contributed by atoms with Gasteiger partial charge >= 0.3 is 10.1 Å². The lowest BCUT2D eigenvalue weighted by atomic mass is 9.82. The van der Waals surface area contributed by atoms with Crippen LogP contribution in [0, 0.1) is 5.92 Å². The van der Waals surface area contributed by atoms with Crippen LogP contribution in [0.2, 0.25) is 0 Å². The molecule has 7 nitrogen and oxygen atoms in total. The minimum atomic E-state index is -5.13. The molecule has 2 unspecified atom stereocenters. The lowest BCUT2D eigenvalue weighted by Crippen LogP contribution is -2.80. The molecule has 108 valence electrons. The molecule has 0 amide bonds. The maximum absolute atomic E-state index is 11.7. The fourth-order valence-electron chi connectivity index (χ4n) is 2.26. The van der Waals surface area contributed by atoms with Gasteiger partial charge in [0.05, 0.1) is 21.1 Å². The monoisotopic (exact) mass is 283 g/mol. The predicted octanol–water partition coefficient (Wildman–Crippen LogP) is -1.57. The van der Waals surface area contributed by atoms with Gasteiger partial charge in [-0.3, -0.25) is 4.55 Å². The highest BCUT2D eigenvalue weighted by atomic mass is 32.2. The van der Waals surface area contributed by atoms with Gasteiger partial charge in [-0.15, -0.1) is 0 Å². The molecule has 0 aliphatic rings. The lowest BCUT2D eigenvalue weighted by Gasteiger charge is -2.52. The third-order valence-electron chi connectivity index (χ3n) is 3.40. The minimum absolute atomic E-state index is 0.737. The van der Waals surface area contributed by atoms with Gasteiger partial charge in [-0.1, -0.05) is 13.8 Å². The number of likely N-dealkylation sites (N-methyl/N-ethyl adjacent to an activating group) is 1. The van der Waals surface area contributed by atoms with Gasteiger partial charge in [0, 0.05) is 0 Å². The summed E-state index contributed by atoms with van der Waals surface area (Å²) in [6, 6.07) is 0. The van der Waals surface area contributed by atoms with Crippen LogP contribution in [0.4, 0.5) is 0 Å². The van der Waals surface area contributed by atoms with Crippen molar-refractivity contribution < 1.29 is 32.5 Å². The van der Waals surface area contributed by atoms with Gasteiger partial charge in [-0.05, 0) is 12.8 Å². The van der Waals surface area contributed by atoms with Crippen LogP contribution in [-0.4, -0.2) is 60.1 Å². The summed E-state index contributed by atoms with van der Waals surface area (Å²) >= 11 is 0. The van der Waals surface area contributed by atoms with Crippen LogP contribution in [0.25, 0.3) is 0 Å². The van der Waals surface area contributed by atoms with Crippen molar-refractivity contribution in [3.05, 3.63) is 0 Å². The van der Waals surface area contributed by atoms with E-state index in [2.05, 4.69) is 0 Å². The van der Waals surface area contributed by atoms with Crippen molar-refractivity contribution in [2.24, 2.45) is 5.92 Å². The smallest absolute Gasteiger partial charge is 0.331 e. The first kappa shape index (κ1) is 17.3. The third kappa shape index (κ3) is 2.13. The summed E-state index contributed by atoms with van der Waals surface area (Å²) in [6.07, 6.45) is 0. The first-order valence-electron chi connectivity index (χ1n) is 5.36. The molecule has 0 heterocycles. The molecule has 0 aromatic carbocycles. The van der Waals surface area contributed by atoms with Crippen molar-refractivity contribution in [3.63, 3.8) is 0 Å². The number of hydrogen-bond acceptors (Lipinski definition) is 5. The van der Waals surface area contributed by atoms with Crippen molar-refractivity contribution in [2.45, 2.75) is 31.2 Å². The maximum atomic E-state index is 11.7. The van der Waals surface area contributed by atoms with E-state index in [0.717, 1.165) is 6.92 Å². The predicted molar refractivity (Wildman–Crippen MR) is 62.8 cm³/mol. The van der Waals surface area contributed by atoms with Crippen LogP contribution in [0.15, 0.2) is 0 Å². The first-order valence-corrected chi connectivity index (χ1v) is 6.80. The Morgan fingerprint density at radius 2 is 1.61 bits per heavy atom. The first-order chi connectivity index (χ1) is 7.64. The number of carboxylic acids is 1. The Morgan fingerprint density at radius 1 is 1.28 bits per heavy atom. The molecule has 0 saturated heterocycles. The standard InChI is InChI=1S/C10H21NO6S/c1-7(2)9(3,14)10(8(12)13,11(4,5)6)18(15,16)17/h7,14H,1-6H3,(H-,12,13,15,16,17). The van der Waals surface area contributed by atoms with E-state index in [1.165, 1.54) is 35.0 Å². The Bertz CT molecular complexity index is 434. The van der Waals surface area contributed by atoms with Crippen LogP contribution in [0.5, 0.6) is 0 Å². The van der Waals surface area contributed by atoms with Gasteiger partial charge in [0.15, 0.2) is 0 Å². The summed E-state index contributed by atoms with van der Waals surface area (Å²) in [7, 11) is -1.37. The molecule has 0 aromatic rings. The van der Waals surface area contributed by atoms with Gasteiger partial charge in [-0.25, -0.2) is 0 Å². The molecule has 0 aliphatic carbocycles. The summed E-state index contributed by atoms with van der Waals surface area (Å²) in [5, 5.41) is 21.8. The third-order valence-corrected chi connectivity index (χ3v) is 5.28. The summed E-state index contributed by atoms with van der Waals surface area (Å²) in [5.41, 5.74) is -2.22. The highest BCUT2D eigenvalue weighted by molar-refractivity contribution is 7.88. The van der Waals surface area contributed by atoms with Gasteiger partial charge in [0.1, 0.15) is 11.6 Å². The highest BCUT2D eigenvalue weighted by Crippen LogP contribution is 2.40. The summed E-state index contributed by atoms with van der Waals surface area (Å²) in [5.74, 6) is -2.79. The zero-order chi connectivity index (χ0) is 15.2. The second-order valence-electron chi connectivity index (χ2n) is 5.72. The second-order valence-corrected chi connectivity index (χ2v) is 7.26. The number of quaternary nitrogens is 1. The van der Waals surface area contributed by atoms with Gasteiger partial charge < -0.3 is 19.5 Å². The average molecular weight is 283 g/mol. The molecule has 0 aliphatic heterocycles. The molecule has 0 spiro atoms. The number of aliphatic hydroxyl groups is 1. The molecule has 0 fully saturated rings. The number of aliphatic carboxylic acids is 1. The molecule has 0 radical (unpaired) electrons. The van der Waals surface area contributed by atoms with Gasteiger partial charge in [-0.2, -0.15) is 8.42 Å². The normalized spacial score (nSPS) is 20.3. The van der Waals surface area contributed by atoms with Crippen molar-refractivity contribution in [1.82, 2.24) is 0 Å². The second kappa shape index (κ2) is 4.44. The summed E-state index contributed by atoms with van der Waals surface area (Å²) in [6.45, 7) is 3.97. The Hall–Kier alpha value is -0.700. The Morgan fingerprint density at radius 3 is 1.67 bits per heavy atom. The lowest BCUT2D eigenvalue weighted by molar-refractivity contribution is -0.909. The van der Waals surface area contributed by atoms with Crippen molar-refractivity contribution in [2.75, 3.05) is 21.1 Å². The molecule has 0 rings (SSSR count). The molecule has 0 aromatic heterocycles. The zero-order valence-electron chi connectivity index (χ0n) is 11.5. The molecule has 0 saturated carbocycles. The minimum Gasteiger partial charge on any atom is -0.543 e. The largest absolute Gasteiger partial charge is 0.543 e. The Kier molecular flexibility index (Phi) is 4.27. The van der Waals surface area contributed by atoms with E-state index in [-0.39, 0.29) is 0 Å². The van der Waals surface area contributed by atoms with Crippen LogP contribution in [0.1, 0.15) is 20.8 Å². The number of nitrogens with zero attached hydrogens (tertiary/aromatic N) is 1. The van der Waals surface area contributed by atoms with E-state index in [4.69, 9.17) is 0 Å². The van der Waals surface area contributed by atoms with Crippen LogP contribution in [-0.2, 0) is 14.9 Å². The summed E-state index contributed by atoms with van der Waals surface area (Å²) in [4.78, 5) is 8.56. The number of rotatable bonds is 5. The van der Waals surface area contributed by atoms with E-state index in [1.54, 1.807) is 0 Å². The molecule has 0 bridgehead atoms. The van der Waals surface area contributed by atoms with Gasteiger partial charge in [0.25, 0.3) is 4.87 Å². The van der Waals surface area contributed by atoms with E-state index in [0.29, 0.717) is 0 Å². The zero-order valence-corrected chi connectivity index (χ0v) is 12.3. The number of carbonyl (C=O) groups excluding carboxylic acids is 1. The van der Waals surface area contributed by atoms with Crippen LogP contribution >= 0.6 is 0 Å². The topological polar surface area (TPSA) is 115 Å². The molecular weight excluding hydrogens is 262 g/mol. The SMILES string of the molecule is CC(C)C(C)(O)C(C(=O)[O-])([N+](C)(C)C)S(=O)(=O)O. The summed E-state index contributed by atoms with van der Waals surface area (Å²) < 4.78 is 32.0. The molecular formula is C10H21NO6S. The van der Waals surface area contributed by atoms with Crippen molar-refractivity contribution >= 4 is 16.1 Å². The van der Waals surface area contributed by atoms with Gasteiger partial charge in [0.2, 0.25) is 0 Å². The fraction of sp³-hybridized carbons (Fsp3) is 0.900. The number of carbonyl (C=O) groups is 1. The van der Waals surface area contributed by atoms with E-state index in [1.807, 2.05) is 0 Å². The number of carboxylic acid groups (broad SMARTS) is 1. The molecule has 2 N–H and O–H groups in total. The van der Waals surface area contributed by atoms with Crippen molar-refractivity contribution in [3.8, 4) is 0 Å². The fourth-order valence-corrected chi connectivity index (χ4v) is 3.92. The molecule has 2 atom stereocenters. The van der Waals surface area contributed by atoms with E-state index in [9.17, 15) is 28.0 Å². The Balaban J connectivity index is 6.63. The van der Waals surface area contributed by atoms with E-state index < -0.39 is 37.0 Å². The average Bonchev–Trinajstić information content (AvgIpc) is 1.95. The molecule has 8 heteroatoms. The number of hydrogen-bond donors (Lipinski definition) is 2. The maximum Gasteiger partial charge on any atom is 0.331 e. The Labute approximate surface area is 107 Å². The quantitative estimate of drug-likeness (QED) is 0.465. The highest BCUT2D eigenvalue weighted by Gasteiger charge is 2.68. The van der Waals surface area contributed by atoms with Crippen LogP contribution < -0.4 is 5.11 Å². The molecule has 18 heavy (non-hydrogen) atoms. The van der Waals surface area contributed by atoms with Crippen LogP contribution in [0.3, 0.4) is 0 Å². The van der Waals surface area contributed by atoms with Crippen molar-refractivity contribution in [1.29, 1.82) is 0 Å². The van der Waals surface area contributed by atoms with E-state index >= 15 is 0 Å².